The van der Waals surface area contributed by atoms with Gasteiger partial charge < -0.3 is 4.74 Å². The van der Waals surface area contributed by atoms with Crippen molar-refractivity contribution < 1.29 is 14.3 Å². The van der Waals surface area contributed by atoms with Crippen molar-refractivity contribution in [2.24, 2.45) is 0 Å². The summed E-state index contributed by atoms with van der Waals surface area (Å²) in [5, 5.41) is 0. The molecule has 3 nitrogen and oxygen atoms in total. The summed E-state index contributed by atoms with van der Waals surface area (Å²) < 4.78 is 4.95. The van der Waals surface area contributed by atoms with Gasteiger partial charge in [-0.05, 0) is 38.8 Å². The largest absolute Gasteiger partial charge is 0.392 e. The van der Waals surface area contributed by atoms with Crippen LogP contribution in [0.5, 0.6) is 0 Å². The van der Waals surface area contributed by atoms with Crippen LogP contribution < -0.4 is 0 Å². The molecular weight excluding hydrogens is 216 g/mol. The zero-order valence-electron chi connectivity index (χ0n) is 10.5. The molecule has 0 unspecified atom stereocenters. The van der Waals surface area contributed by atoms with Gasteiger partial charge in [-0.2, -0.15) is 0 Å². The Morgan fingerprint density at radius 1 is 0.824 bits per heavy atom. The lowest BCUT2D eigenvalue weighted by molar-refractivity contribution is -0.165. The predicted octanol–water partition coefficient (Wildman–Crippen LogP) is 2.33. The van der Waals surface area contributed by atoms with Crippen LogP contribution in [0.15, 0.2) is 24.3 Å². The Bertz CT molecular complexity index is 453. The molecule has 0 radical (unpaired) electrons. The van der Waals surface area contributed by atoms with Crippen LogP contribution in [0.2, 0.25) is 0 Å². The number of hydrogen-bond donors (Lipinski definition) is 0. The van der Waals surface area contributed by atoms with Crippen molar-refractivity contribution in [1.29, 1.82) is 0 Å². The van der Waals surface area contributed by atoms with E-state index in [4.69, 9.17) is 4.74 Å². The van der Waals surface area contributed by atoms with Gasteiger partial charge in [0.1, 0.15) is 0 Å². The first-order chi connectivity index (χ1) is 7.78. The van der Waals surface area contributed by atoms with Gasteiger partial charge in [0.2, 0.25) is 0 Å². The molecule has 1 aromatic rings. The summed E-state index contributed by atoms with van der Waals surface area (Å²) >= 11 is 0. The van der Waals surface area contributed by atoms with Crippen LogP contribution in [0, 0.1) is 0 Å². The minimum Gasteiger partial charge on any atom is -0.392 e. The average molecular weight is 232 g/mol. The molecule has 0 bridgehead atoms. The van der Waals surface area contributed by atoms with E-state index in [2.05, 4.69) is 0 Å². The third kappa shape index (κ3) is 1.57. The van der Waals surface area contributed by atoms with Crippen molar-refractivity contribution in [2.75, 3.05) is 0 Å². The van der Waals surface area contributed by atoms with Gasteiger partial charge >= 0.3 is 11.9 Å². The van der Waals surface area contributed by atoms with Crippen LogP contribution in [0.3, 0.4) is 0 Å². The molecule has 2 rings (SSSR count). The minimum absolute atomic E-state index is 0.486. The second-order valence-corrected chi connectivity index (χ2v) is 5.47. The third-order valence-corrected chi connectivity index (χ3v) is 3.48. The maximum absolute atomic E-state index is 12.0. The highest BCUT2D eigenvalue weighted by Gasteiger charge is 2.46. The topological polar surface area (TPSA) is 43.4 Å². The smallest absolute Gasteiger partial charge is 0.323 e. The van der Waals surface area contributed by atoms with Crippen LogP contribution in [0.25, 0.3) is 0 Å². The normalized spacial score (nSPS) is 21.4. The second-order valence-electron chi connectivity index (χ2n) is 5.47. The van der Waals surface area contributed by atoms with Crippen molar-refractivity contribution in [3.05, 3.63) is 35.4 Å². The van der Waals surface area contributed by atoms with Gasteiger partial charge in [0.15, 0.2) is 0 Å². The second kappa shape index (κ2) is 3.42. The number of fused-ring (bicyclic) bond motifs is 1. The molecule has 1 aliphatic heterocycles. The average Bonchev–Trinajstić information content (AvgIpc) is 2.32. The zero-order valence-corrected chi connectivity index (χ0v) is 10.5. The van der Waals surface area contributed by atoms with Gasteiger partial charge in [-0.1, -0.05) is 24.3 Å². The summed E-state index contributed by atoms with van der Waals surface area (Å²) in [5.41, 5.74) is 0.141. The van der Waals surface area contributed by atoms with E-state index in [1.165, 1.54) is 0 Å². The Morgan fingerprint density at radius 3 is 1.53 bits per heavy atom. The predicted molar refractivity (Wildman–Crippen MR) is 63.6 cm³/mol. The molecule has 3 heteroatoms. The van der Waals surface area contributed by atoms with E-state index in [9.17, 15) is 9.59 Å². The fourth-order valence-corrected chi connectivity index (χ4v) is 2.13. The van der Waals surface area contributed by atoms with Crippen molar-refractivity contribution >= 4 is 11.9 Å². The highest BCUT2D eigenvalue weighted by Crippen LogP contribution is 2.38. The van der Waals surface area contributed by atoms with Crippen molar-refractivity contribution in [1.82, 2.24) is 0 Å². The van der Waals surface area contributed by atoms with E-state index in [-0.39, 0.29) is 0 Å². The lowest BCUT2D eigenvalue weighted by atomic mass is 9.75. The van der Waals surface area contributed by atoms with Crippen LogP contribution in [-0.2, 0) is 25.2 Å². The summed E-state index contributed by atoms with van der Waals surface area (Å²) in [6, 6.07) is 7.52. The van der Waals surface area contributed by atoms with E-state index in [1.54, 1.807) is 27.7 Å². The Morgan fingerprint density at radius 2 is 1.18 bits per heavy atom. The van der Waals surface area contributed by atoms with Crippen molar-refractivity contribution in [2.45, 2.75) is 38.5 Å². The Kier molecular flexibility index (Phi) is 2.38. The fraction of sp³-hybridized carbons (Fsp3) is 0.429. The number of cyclic esters (lactones) is 2. The summed E-state index contributed by atoms with van der Waals surface area (Å²) in [7, 11) is 0. The van der Waals surface area contributed by atoms with Gasteiger partial charge in [-0.15, -0.1) is 0 Å². The summed E-state index contributed by atoms with van der Waals surface area (Å²) in [5.74, 6) is -0.971. The maximum Gasteiger partial charge on any atom is 0.323 e. The number of esters is 2. The van der Waals surface area contributed by atoms with Crippen LogP contribution in [0.1, 0.15) is 38.8 Å². The van der Waals surface area contributed by atoms with Crippen LogP contribution in [0.4, 0.5) is 0 Å². The molecule has 1 aromatic carbocycles. The number of carbonyl (C=O) groups excluding carboxylic acids is 2. The number of ether oxygens (including phenoxy) is 1. The van der Waals surface area contributed by atoms with Gasteiger partial charge in [0, 0.05) is 0 Å². The molecule has 1 aliphatic rings. The summed E-state index contributed by atoms with van der Waals surface area (Å²) in [6.07, 6.45) is 0. The molecule has 17 heavy (non-hydrogen) atoms. The first-order valence-corrected chi connectivity index (χ1v) is 5.64. The highest BCUT2D eigenvalue weighted by molar-refractivity contribution is 5.98. The van der Waals surface area contributed by atoms with Gasteiger partial charge in [0.25, 0.3) is 0 Å². The van der Waals surface area contributed by atoms with Crippen LogP contribution >= 0.6 is 0 Å². The molecule has 0 aromatic heterocycles. The van der Waals surface area contributed by atoms with Gasteiger partial charge in [-0.25, -0.2) is 0 Å². The molecular formula is C14H16O3. The first kappa shape index (κ1) is 11.8. The molecule has 0 saturated heterocycles. The Balaban J connectivity index is 2.77. The molecule has 0 spiro atoms. The highest BCUT2D eigenvalue weighted by atomic mass is 16.6. The standard InChI is InChI=1S/C14H16O3/c1-13(2)9-7-5-6-8-10(9)14(3,4)12(16)17-11(13)15/h5-8H,1-4H3. The van der Waals surface area contributed by atoms with E-state index in [0.29, 0.717) is 0 Å². The molecule has 0 saturated carbocycles. The molecule has 0 aliphatic carbocycles. The lowest BCUT2D eigenvalue weighted by Crippen LogP contribution is -2.32. The van der Waals surface area contributed by atoms with E-state index >= 15 is 0 Å². The van der Waals surface area contributed by atoms with Gasteiger partial charge in [0.05, 0.1) is 10.8 Å². The number of hydrogen-bond acceptors (Lipinski definition) is 3. The van der Waals surface area contributed by atoms with E-state index < -0.39 is 22.8 Å². The SMILES string of the molecule is CC1(C)C(=O)OC(=O)C(C)(C)c2ccccc21. The van der Waals surface area contributed by atoms with Crippen molar-refractivity contribution in [3.63, 3.8) is 0 Å². The number of benzene rings is 1. The molecule has 0 fully saturated rings. The zero-order chi connectivity index (χ0) is 12.8. The monoisotopic (exact) mass is 232 g/mol. The molecule has 90 valence electrons. The first-order valence-electron chi connectivity index (χ1n) is 5.64. The van der Waals surface area contributed by atoms with Crippen molar-refractivity contribution in [3.8, 4) is 0 Å². The maximum atomic E-state index is 12.0. The molecule has 0 N–H and O–H groups in total. The Labute approximate surface area is 101 Å². The lowest BCUT2D eigenvalue weighted by Gasteiger charge is -2.24. The number of carbonyl (C=O) groups is 2. The quantitative estimate of drug-likeness (QED) is 0.509. The summed E-state index contributed by atoms with van der Waals surface area (Å²) in [4.78, 5) is 23.9. The molecule has 0 atom stereocenters. The van der Waals surface area contributed by atoms with Crippen LogP contribution in [-0.4, -0.2) is 11.9 Å². The fourth-order valence-electron chi connectivity index (χ4n) is 2.13. The van der Waals surface area contributed by atoms with E-state index in [1.807, 2.05) is 24.3 Å². The van der Waals surface area contributed by atoms with Gasteiger partial charge in [-0.3, -0.25) is 9.59 Å². The molecule has 0 amide bonds. The van der Waals surface area contributed by atoms with E-state index in [0.717, 1.165) is 11.1 Å². The number of rotatable bonds is 0. The summed E-state index contributed by atoms with van der Waals surface area (Å²) in [6.45, 7) is 7.12. The molecule has 1 heterocycles. The third-order valence-electron chi connectivity index (χ3n) is 3.48. The minimum atomic E-state index is -0.792. The Hall–Kier alpha value is -1.64.